The van der Waals surface area contributed by atoms with E-state index in [1.807, 2.05) is 6.07 Å². The lowest BCUT2D eigenvalue weighted by molar-refractivity contribution is -0.127. The van der Waals surface area contributed by atoms with Gasteiger partial charge in [-0.1, -0.05) is 50.6 Å². The molecule has 134 valence electrons. The van der Waals surface area contributed by atoms with Gasteiger partial charge in [0.15, 0.2) is 5.96 Å². The second-order valence-corrected chi connectivity index (χ2v) is 6.37. The first kappa shape index (κ1) is 20.0. The Morgan fingerprint density at radius 2 is 1.88 bits per heavy atom. The van der Waals surface area contributed by atoms with Crippen LogP contribution in [0.2, 0.25) is 0 Å². The van der Waals surface area contributed by atoms with Crippen molar-refractivity contribution in [3.8, 4) is 0 Å². The van der Waals surface area contributed by atoms with Gasteiger partial charge in [0.05, 0.1) is 0 Å². The standard InChI is InChI=1S/C19H32N4O/c1-6-7-13-20-19(21-14-18(24)23(4)5)22-16(3)15(2)17-11-9-8-10-12-17/h8-12,15-16H,6-7,13-14H2,1-5H3,(H2,20,21,22). The van der Waals surface area contributed by atoms with Gasteiger partial charge in [-0.25, -0.2) is 4.99 Å². The Kier molecular flexibility index (Phi) is 8.90. The summed E-state index contributed by atoms with van der Waals surface area (Å²) in [7, 11) is 3.49. The van der Waals surface area contributed by atoms with Gasteiger partial charge >= 0.3 is 0 Å². The normalized spacial score (nSPS) is 14.0. The average molecular weight is 332 g/mol. The van der Waals surface area contributed by atoms with Gasteiger partial charge in [-0.2, -0.15) is 0 Å². The van der Waals surface area contributed by atoms with E-state index < -0.39 is 0 Å². The minimum Gasteiger partial charge on any atom is -0.356 e. The number of benzene rings is 1. The van der Waals surface area contributed by atoms with E-state index in [-0.39, 0.29) is 18.5 Å². The van der Waals surface area contributed by atoms with Crippen LogP contribution < -0.4 is 10.6 Å². The molecule has 5 nitrogen and oxygen atoms in total. The zero-order chi connectivity index (χ0) is 17.9. The molecule has 0 aliphatic rings. The molecule has 24 heavy (non-hydrogen) atoms. The largest absolute Gasteiger partial charge is 0.356 e. The van der Waals surface area contributed by atoms with Gasteiger partial charge in [0.25, 0.3) is 0 Å². The first-order chi connectivity index (χ1) is 11.5. The van der Waals surface area contributed by atoms with Crippen LogP contribution in [0, 0.1) is 0 Å². The van der Waals surface area contributed by atoms with Gasteiger partial charge < -0.3 is 15.5 Å². The first-order valence-corrected chi connectivity index (χ1v) is 8.75. The summed E-state index contributed by atoms with van der Waals surface area (Å²) in [6.45, 7) is 7.50. The van der Waals surface area contributed by atoms with E-state index in [4.69, 9.17) is 0 Å². The first-order valence-electron chi connectivity index (χ1n) is 8.75. The summed E-state index contributed by atoms with van der Waals surface area (Å²) in [4.78, 5) is 17.8. The number of nitrogens with one attached hydrogen (secondary N) is 2. The minimum absolute atomic E-state index is 0.00430. The van der Waals surface area contributed by atoms with E-state index in [2.05, 4.69) is 60.7 Å². The lowest BCUT2D eigenvalue weighted by Crippen LogP contribution is -2.45. The van der Waals surface area contributed by atoms with Crippen molar-refractivity contribution in [1.29, 1.82) is 0 Å². The van der Waals surface area contributed by atoms with Crippen molar-refractivity contribution in [2.75, 3.05) is 27.2 Å². The summed E-state index contributed by atoms with van der Waals surface area (Å²) in [5.41, 5.74) is 1.29. The third-order valence-electron chi connectivity index (χ3n) is 4.13. The summed E-state index contributed by atoms with van der Waals surface area (Å²) in [5, 5.41) is 6.76. The third kappa shape index (κ3) is 7.02. The molecule has 0 spiro atoms. The number of unbranched alkanes of at least 4 members (excludes halogenated alkanes) is 1. The fraction of sp³-hybridized carbons (Fsp3) is 0.579. The van der Waals surface area contributed by atoms with E-state index in [1.54, 1.807) is 19.0 Å². The maximum Gasteiger partial charge on any atom is 0.243 e. The molecule has 1 amide bonds. The predicted octanol–water partition coefficient (Wildman–Crippen LogP) is 2.60. The Morgan fingerprint density at radius 1 is 1.21 bits per heavy atom. The van der Waals surface area contributed by atoms with Crippen LogP contribution >= 0.6 is 0 Å². The molecule has 0 radical (unpaired) electrons. The summed E-state index contributed by atoms with van der Waals surface area (Å²) >= 11 is 0. The molecule has 0 fully saturated rings. The Balaban J connectivity index is 2.71. The van der Waals surface area contributed by atoms with Crippen LogP contribution in [0.3, 0.4) is 0 Å². The van der Waals surface area contributed by atoms with Gasteiger partial charge in [0.2, 0.25) is 5.91 Å². The monoisotopic (exact) mass is 332 g/mol. The minimum atomic E-state index is -0.00430. The van der Waals surface area contributed by atoms with Crippen LogP contribution in [0.25, 0.3) is 0 Å². The van der Waals surface area contributed by atoms with E-state index in [0.717, 1.165) is 19.4 Å². The topological polar surface area (TPSA) is 56.7 Å². The van der Waals surface area contributed by atoms with Gasteiger partial charge in [-0.3, -0.25) is 4.79 Å². The van der Waals surface area contributed by atoms with Crippen LogP contribution in [0.4, 0.5) is 0 Å². The Labute approximate surface area is 146 Å². The van der Waals surface area contributed by atoms with Gasteiger partial charge in [0, 0.05) is 32.6 Å². The number of carbonyl (C=O) groups is 1. The lowest BCUT2D eigenvalue weighted by atomic mass is 9.94. The van der Waals surface area contributed by atoms with Crippen molar-refractivity contribution >= 4 is 11.9 Å². The second kappa shape index (κ2) is 10.7. The molecule has 1 rings (SSSR count). The third-order valence-corrected chi connectivity index (χ3v) is 4.13. The van der Waals surface area contributed by atoms with E-state index in [0.29, 0.717) is 11.9 Å². The Morgan fingerprint density at radius 3 is 2.46 bits per heavy atom. The van der Waals surface area contributed by atoms with Crippen molar-refractivity contribution in [3.05, 3.63) is 35.9 Å². The molecule has 0 aliphatic heterocycles. The van der Waals surface area contributed by atoms with Crippen LogP contribution in [0.1, 0.15) is 45.1 Å². The number of carbonyl (C=O) groups excluding carboxylic acids is 1. The lowest BCUT2D eigenvalue weighted by Gasteiger charge is -2.24. The molecule has 2 atom stereocenters. The molecule has 0 heterocycles. The number of amides is 1. The Bertz CT molecular complexity index is 513. The van der Waals surface area contributed by atoms with Crippen molar-refractivity contribution in [2.24, 2.45) is 4.99 Å². The maximum absolute atomic E-state index is 11.8. The highest BCUT2D eigenvalue weighted by molar-refractivity contribution is 5.84. The summed E-state index contributed by atoms with van der Waals surface area (Å²) < 4.78 is 0. The Hall–Kier alpha value is -2.04. The number of likely N-dealkylation sites (N-methyl/N-ethyl adjacent to an activating group) is 1. The van der Waals surface area contributed by atoms with Gasteiger partial charge in [0.1, 0.15) is 6.54 Å². The fourth-order valence-electron chi connectivity index (χ4n) is 2.21. The van der Waals surface area contributed by atoms with Gasteiger partial charge in [-0.05, 0) is 18.9 Å². The molecule has 0 saturated heterocycles. The number of aliphatic imine (C=N–C) groups is 1. The van der Waals surface area contributed by atoms with Crippen molar-refractivity contribution < 1.29 is 4.79 Å². The smallest absolute Gasteiger partial charge is 0.243 e. The molecule has 0 aliphatic carbocycles. The highest BCUT2D eigenvalue weighted by Crippen LogP contribution is 2.18. The highest BCUT2D eigenvalue weighted by Gasteiger charge is 2.15. The van der Waals surface area contributed by atoms with Crippen LogP contribution in [0.15, 0.2) is 35.3 Å². The maximum atomic E-state index is 11.8. The van der Waals surface area contributed by atoms with E-state index in [9.17, 15) is 4.79 Å². The number of guanidine groups is 1. The van der Waals surface area contributed by atoms with E-state index in [1.165, 1.54) is 5.56 Å². The number of rotatable bonds is 8. The molecule has 2 N–H and O–H groups in total. The zero-order valence-corrected chi connectivity index (χ0v) is 15.7. The summed E-state index contributed by atoms with van der Waals surface area (Å²) in [6, 6.07) is 10.6. The summed E-state index contributed by atoms with van der Waals surface area (Å²) in [5.74, 6) is 1.04. The fourth-order valence-corrected chi connectivity index (χ4v) is 2.21. The average Bonchev–Trinajstić information content (AvgIpc) is 2.59. The predicted molar refractivity (Wildman–Crippen MR) is 101 cm³/mol. The second-order valence-electron chi connectivity index (χ2n) is 6.37. The van der Waals surface area contributed by atoms with Crippen LogP contribution in [0.5, 0.6) is 0 Å². The van der Waals surface area contributed by atoms with Crippen molar-refractivity contribution in [2.45, 2.75) is 45.6 Å². The van der Waals surface area contributed by atoms with Crippen LogP contribution in [-0.4, -0.2) is 50.0 Å². The molecule has 5 heteroatoms. The van der Waals surface area contributed by atoms with Crippen molar-refractivity contribution in [3.63, 3.8) is 0 Å². The molecule has 0 saturated carbocycles. The molecule has 0 aromatic heterocycles. The molecular formula is C19H32N4O. The highest BCUT2D eigenvalue weighted by atomic mass is 16.2. The van der Waals surface area contributed by atoms with Crippen molar-refractivity contribution in [1.82, 2.24) is 15.5 Å². The molecule has 1 aromatic carbocycles. The number of hydrogen-bond acceptors (Lipinski definition) is 2. The SMILES string of the molecule is CCCCNC(=NCC(=O)N(C)C)NC(C)C(C)c1ccccc1. The molecule has 2 unspecified atom stereocenters. The van der Waals surface area contributed by atoms with Gasteiger partial charge in [-0.15, -0.1) is 0 Å². The quantitative estimate of drug-likeness (QED) is 0.437. The molecule has 0 bridgehead atoms. The van der Waals surface area contributed by atoms with E-state index >= 15 is 0 Å². The number of hydrogen-bond donors (Lipinski definition) is 2. The van der Waals surface area contributed by atoms with Crippen LogP contribution in [-0.2, 0) is 4.79 Å². The molecular weight excluding hydrogens is 300 g/mol. The summed E-state index contributed by atoms with van der Waals surface area (Å²) in [6.07, 6.45) is 2.19. The number of nitrogens with zero attached hydrogens (tertiary/aromatic N) is 2. The zero-order valence-electron chi connectivity index (χ0n) is 15.7. The molecule has 1 aromatic rings.